The number of halogens is 1. The minimum absolute atomic E-state index is 0.120. The number of benzene rings is 2. The van der Waals surface area contributed by atoms with Crippen LogP contribution >= 0.6 is 34.9 Å². The maximum atomic E-state index is 13.5. The number of hydrogen-bond donors (Lipinski definition) is 0. The standard InChI is InChI=1S/C25H33ClN2O2S3/c1-2-3-4-5-6-7-8-9-10-13-20-31-28(22-18-16-21(26)17-19-22)33(29,30)25-27-23-14-11-12-15-24(23)32-25/h11-12,14-19H,2-10,13,20H2,1H3. The number of fused-ring (bicyclic) bond motifs is 1. The molecule has 0 amide bonds. The number of rotatable bonds is 15. The maximum Gasteiger partial charge on any atom is 0.301 e. The molecule has 4 nitrogen and oxygen atoms in total. The molecule has 3 aromatic rings. The minimum Gasteiger partial charge on any atom is -0.223 e. The van der Waals surface area contributed by atoms with Crippen molar-refractivity contribution in [2.45, 2.75) is 75.5 Å². The van der Waals surface area contributed by atoms with E-state index in [2.05, 4.69) is 11.9 Å². The largest absolute Gasteiger partial charge is 0.301 e. The van der Waals surface area contributed by atoms with Crippen molar-refractivity contribution in [3.63, 3.8) is 0 Å². The van der Waals surface area contributed by atoms with Crippen LogP contribution in [0, 0.1) is 0 Å². The van der Waals surface area contributed by atoms with Gasteiger partial charge in [0.25, 0.3) is 0 Å². The molecule has 0 atom stereocenters. The summed E-state index contributed by atoms with van der Waals surface area (Å²) in [7, 11) is -3.78. The number of aromatic nitrogens is 1. The lowest BCUT2D eigenvalue weighted by Gasteiger charge is -2.21. The van der Waals surface area contributed by atoms with Gasteiger partial charge in [-0.05, 0) is 54.8 Å². The summed E-state index contributed by atoms with van der Waals surface area (Å²) in [6.45, 7) is 2.25. The molecule has 0 radical (unpaired) electrons. The zero-order valence-electron chi connectivity index (χ0n) is 19.2. The van der Waals surface area contributed by atoms with Crippen LogP contribution in [0.15, 0.2) is 52.9 Å². The van der Waals surface area contributed by atoms with Gasteiger partial charge in [0.2, 0.25) is 4.34 Å². The summed E-state index contributed by atoms with van der Waals surface area (Å²) in [5.41, 5.74) is 1.30. The van der Waals surface area contributed by atoms with E-state index in [-0.39, 0.29) is 4.34 Å². The fourth-order valence-corrected chi connectivity index (χ4v) is 8.01. The molecule has 0 N–H and O–H groups in total. The molecule has 0 saturated heterocycles. The van der Waals surface area contributed by atoms with E-state index in [0.29, 0.717) is 16.2 Å². The SMILES string of the molecule is CCCCCCCCCCCCSN(c1ccc(Cl)cc1)S(=O)(=O)c1nc2ccccc2s1. The fourth-order valence-electron chi connectivity index (χ4n) is 3.61. The van der Waals surface area contributed by atoms with E-state index in [4.69, 9.17) is 11.6 Å². The lowest BCUT2D eigenvalue weighted by atomic mass is 10.1. The third-order valence-electron chi connectivity index (χ3n) is 5.46. The molecular formula is C25H33ClN2O2S3. The van der Waals surface area contributed by atoms with Gasteiger partial charge in [0.05, 0.1) is 15.9 Å². The van der Waals surface area contributed by atoms with Crippen LogP contribution in [0.25, 0.3) is 10.2 Å². The first-order chi connectivity index (χ1) is 16.0. The van der Waals surface area contributed by atoms with Crippen LogP contribution in [-0.4, -0.2) is 19.2 Å². The monoisotopic (exact) mass is 524 g/mol. The van der Waals surface area contributed by atoms with Crippen molar-refractivity contribution in [3.05, 3.63) is 53.6 Å². The van der Waals surface area contributed by atoms with Crippen molar-refractivity contribution in [2.24, 2.45) is 0 Å². The molecule has 0 fully saturated rings. The van der Waals surface area contributed by atoms with Crippen molar-refractivity contribution < 1.29 is 8.42 Å². The van der Waals surface area contributed by atoms with Crippen molar-refractivity contribution in [1.82, 2.24) is 4.98 Å². The lowest BCUT2D eigenvalue weighted by Crippen LogP contribution is -2.24. The van der Waals surface area contributed by atoms with E-state index < -0.39 is 10.0 Å². The molecule has 2 aromatic carbocycles. The molecule has 0 unspecified atom stereocenters. The Balaban J connectivity index is 1.57. The zero-order valence-corrected chi connectivity index (χ0v) is 22.4. The van der Waals surface area contributed by atoms with E-state index in [0.717, 1.165) is 23.3 Å². The van der Waals surface area contributed by atoms with Crippen molar-refractivity contribution in [1.29, 1.82) is 0 Å². The van der Waals surface area contributed by atoms with E-state index in [1.54, 1.807) is 24.3 Å². The number of unbranched alkanes of at least 4 members (excludes halogenated alkanes) is 9. The van der Waals surface area contributed by atoms with Crippen molar-refractivity contribution in [2.75, 3.05) is 9.46 Å². The molecular weight excluding hydrogens is 492 g/mol. The average molecular weight is 525 g/mol. The summed E-state index contributed by atoms with van der Waals surface area (Å²) < 4.78 is 29.4. The lowest BCUT2D eigenvalue weighted by molar-refractivity contribution is 0.563. The van der Waals surface area contributed by atoms with Gasteiger partial charge in [0.15, 0.2) is 0 Å². The first kappa shape index (κ1) is 26.3. The van der Waals surface area contributed by atoms with Gasteiger partial charge >= 0.3 is 10.0 Å². The molecule has 0 spiro atoms. The number of thiazole rings is 1. The zero-order chi connectivity index (χ0) is 23.5. The first-order valence-corrected chi connectivity index (χ1v) is 15.4. The maximum absolute atomic E-state index is 13.5. The Bertz CT molecular complexity index is 1050. The molecule has 0 aliphatic carbocycles. The third-order valence-corrected chi connectivity index (χ3v) is 10.4. The number of para-hydroxylation sites is 1. The molecule has 1 aromatic heterocycles. The third kappa shape index (κ3) is 7.88. The van der Waals surface area contributed by atoms with E-state index in [1.165, 1.54) is 78.4 Å². The summed E-state index contributed by atoms with van der Waals surface area (Å²) >= 11 is 8.59. The van der Waals surface area contributed by atoms with Gasteiger partial charge in [-0.15, -0.1) is 11.3 Å². The second-order valence-electron chi connectivity index (χ2n) is 8.17. The Morgan fingerprint density at radius 3 is 2.12 bits per heavy atom. The molecule has 0 aliphatic rings. The topological polar surface area (TPSA) is 50.3 Å². The highest BCUT2D eigenvalue weighted by Gasteiger charge is 2.29. The quantitative estimate of drug-likeness (QED) is 0.147. The van der Waals surface area contributed by atoms with E-state index in [1.807, 2.05) is 24.3 Å². The summed E-state index contributed by atoms with van der Waals surface area (Å²) in [5, 5.41) is 0.579. The average Bonchev–Trinajstić information content (AvgIpc) is 3.26. The highest BCUT2D eigenvalue weighted by atomic mass is 35.5. The van der Waals surface area contributed by atoms with Gasteiger partial charge in [-0.25, -0.2) is 8.69 Å². The molecule has 1 heterocycles. The van der Waals surface area contributed by atoms with Gasteiger partial charge in [0.1, 0.15) is 0 Å². The van der Waals surface area contributed by atoms with Gasteiger partial charge < -0.3 is 0 Å². The minimum atomic E-state index is -3.78. The van der Waals surface area contributed by atoms with Crippen molar-refractivity contribution >= 4 is 60.8 Å². The molecule has 0 bridgehead atoms. The fraction of sp³-hybridized carbons (Fsp3) is 0.480. The summed E-state index contributed by atoms with van der Waals surface area (Å²) in [6, 6.07) is 14.4. The Morgan fingerprint density at radius 2 is 1.48 bits per heavy atom. The normalized spacial score (nSPS) is 11.8. The molecule has 0 saturated carbocycles. The summed E-state index contributed by atoms with van der Waals surface area (Å²) in [5.74, 6) is 0.739. The molecule has 33 heavy (non-hydrogen) atoms. The molecule has 180 valence electrons. The second kappa shape index (κ2) is 13.6. The van der Waals surface area contributed by atoms with Crippen LogP contribution in [-0.2, 0) is 10.0 Å². The Kier molecular flexibility index (Phi) is 10.8. The Morgan fingerprint density at radius 1 is 0.879 bits per heavy atom. The van der Waals surface area contributed by atoms with Crippen LogP contribution in [0.1, 0.15) is 71.1 Å². The van der Waals surface area contributed by atoms with Gasteiger partial charge in [-0.2, -0.15) is 8.42 Å². The smallest absolute Gasteiger partial charge is 0.223 e. The Labute approximate surface area is 211 Å². The van der Waals surface area contributed by atoms with Crippen LogP contribution in [0.2, 0.25) is 5.02 Å². The van der Waals surface area contributed by atoms with Gasteiger partial charge in [0, 0.05) is 10.8 Å². The van der Waals surface area contributed by atoms with Gasteiger partial charge in [-0.3, -0.25) is 0 Å². The van der Waals surface area contributed by atoms with Crippen molar-refractivity contribution in [3.8, 4) is 0 Å². The van der Waals surface area contributed by atoms with Crippen LogP contribution in [0.3, 0.4) is 0 Å². The number of sulfonamides is 1. The predicted molar refractivity (Wildman–Crippen MR) is 145 cm³/mol. The molecule has 8 heteroatoms. The van der Waals surface area contributed by atoms with Crippen LogP contribution < -0.4 is 3.71 Å². The predicted octanol–water partition coefficient (Wildman–Crippen LogP) is 8.71. The highest BCUT2D eigenvalue weighted by molar-refractivity contribution is 8.15. The second-order valence-corrected chi connectivity index (χ2v) is 12.9. The molecule has 3 rings (SSSR count). The summed E-state index contributed by atoms with van der Waals surface area (Å²) in [4.78, 5) is 4.40. The first-order valence-electron chi connectivity index (χ1n) is 11.8. The van der Waals surface area contributed by atoms with E-state index in [9.17, 15) is 8.42 Å². The molecule has 0 aliphatic heterocycles. The van der Waals surface area contributed by atoms with Crippen LogP contribution in [0.4, 0.5) is 5.69 Å². The van der Waals surface area contributed by atoms with Gasteiger partial charge in [-0.1, -0.05) is 88.4 Å². The van der Waals surface area contributed by atoms with E-state index >= 15 is 0 Å². The Hall–Kier alpha value is -1.28. The number of hydrogen-bond acceptors (Lipinski definition) is 5. The number of nitrogens with zero attached hydrogens (tertiary/aromatic N) is 2. The summed E-state index contributed by atoms with van der Waals surface area (Å²) in [6.07, 6.45) is 12.6. The highest BCUT2D eigenvalue weighted by Crippen LogP contribution is 2.35. The number of anilines is 1. The van der Waals surface area contributed by atoms with Crippen LogP contribution in [0.5, 0.6) is 0 Å².